The second-order valence-corrected chi connectivity index (χ2v) is 7.75. The molecule has 9 heteroatoms. The highest BCUT2D eigenvalue weighted by Crippen LogP contribution is 2.31. The van der Waals surface area contributed by atoms with Gasteiger partial charge in [-0.3, -0.25) is 0 Å². The van der Waals surface area contributed by atoms with E-state index < -0.39 is 10.0 Å². The van der Waals surface area contributed by atoms with Gasteiger partial charge in [0.15, 0.2) is 0 Å². The molecule has 1 rings (SSSR count). The van der Waals surface area contributed by atoms with Gasteiger partial charge in [-0.15, -0.1) is 11.3 Å². The van der Waals surface area contributed by atoms with Crippen molar-refractivity contribution in [3.63, 3.8) is 0 Å². The van der Waals surface area contributed by atoms with Gasteiger partial charge in [-0.05, 0) is 22.0 Å². The van der Waals surface area contributed by atoms with E-state index in [0.717, 1.165) is 4.88 Å². The number of thiophene rings is 1. The van der Waals surface area contributed by atoms with E-state index in [1.54, 1.807) is 13.2 Å². The summed E-state index contributed by atoms with van der Waals surface area (Å²) in [6, 6.07) is 1.57. The van der Waals surface area contributed by atoms with E-state index >= 15 is 0 Å². The number of nitrogens with one attached hydrogen (secondary N) is 1. The molecule has 6 nitrogen and oxygen atoms in total. The summed E-state index contributed by atoms with van der Waals surface area (Å²) in [5.74, 6) is 0. The van der Waals surface area contributed by atoms with E-state index in [9.17, 15) is 8.42 Å². The fourth-order valence-electron chi connectivity index (χ4n) is 1.25. The van der Waals surface area contributed by atoms with Crippen LogP contribution in [0.1, 0.15) is 4.88 Å². The van der Waals surface area contributed by atoms with Gasteiger partial charge in [0.25, 0.3) is 0 Å². The number of nitrogens with two attached hydrogens (primary N) is 1. The van der Waals surface area contributed by atoms with Crippen LogP contribution < -0.4 is 10.5 Å². The molecule has 0 unspecified atom stereocenters. The lowest BCUT2D eigenvalue weighted by Gasteiger charge is -2.06. The number of hydrogen-bond donors (Lipinski definition) is 2. The number of hydrogen-bond acceptors (Lipinski definition) is 6. The monoisotopic (exact) mass is 372 g/mol. The molecule has 0 aliphatic rings. The first-order valence-electron chi connectivity index (χ1n) is 5.56. The van der Waals surface area contributed by atoms with Crippen molar-refractivity contribution in [1.82, 2.24) is 4.72 Å². The Hall–Kier alpha value is -0.0300. The maximum atomic E-state index is 12.0. The first kappa shape index (κ1) is 17.0. The Labute approximate surface area is 125 Å². The van der Waals surface area contributed by atoms with Crippen LogP contribution in [-0.2, 0) is 26.0 Å². The van der Waals surface area contributed by atoms with Gasteiger partial charge in [0.2, 0.25) is 10.0 Å². The van der Waals surface area contributed by atoms with Crippen molar-refractivity contribution in [2.45, 2.75) is 11.4 Å². The third-order valence-corrected chi connectivity index (χ3v) is 5.90. The highest BCUT2D eigenvalue weighted by Gasteiger charge is 2.20. The first-order chi connectivity index (χ1) is 9.01. The summed E-state index contributed by atoms with van der Waals surface area (Å²) < 4.78 is 37.1. The number of halogens is 1. The molecule has 0 saturated heterocycles. The lowest BCUT2D eigenvalue weighted by atomic mass is 10.5. The van der Waals surface area contributed by atoms with E-state index in [-0.39, 0.29) is 11.4 Å². The van der Waals surface area contributed by atoms with Crippen LogP contribution in [0, 0.1) is 0 Å². The molecular weight excluding hydrogens is 356 g/mol. The molecule has 0 amide bonds. The Morgan fingerprint density at radius 1 is 1.42 bits per heavy atom. The van der Waals surface area contributed by atoms with Gasteiger partial charge in [0, 0.05) is 25.1 Å². The van der Waals surface area contributed by atoms with E-state index in [1.165, 1.54) is 11.3 Å². The Balaban J connectivity index is 2.49. The summed E-state index contributed by atoms with van der Waals surface area (Å²) >= 11 is 4.55. The summed E-state index contributed by atoms with van der Waals surface area (Å²) in [6.07, 6.45) is 0. The van der Waals surface area contributed by atoms with Crippen LogP contribution in [-0.4, -0.2) is 41.9 Å². The van der Waals surface area contributed by atoms with Crippen LogP contribution >= 0.6 is 27.3 Å². The van der Waals surface area contributed by atoms with Crippen molar-refractivity contribution in [1.29, 1.82) is 0 Å². The quantitative estimate of drug-likeness (QED) is 0.628. The summed E-state index contributed by atoms with van der Waals surface area (Å²) in [5, 5.41) is 0. The van der Waals surface area contributed by atoms with E-state index in [0.29, 0.717) is 30.2 Å². The minimum atomic E-state index is -3.53. The second kappa shape index (κ2) is 8.30. The predicted molar refractivity (Wildman–Crippen MR) is 77.8 cm³/mol. The van der Waals surface area contributed by atoms with Gasteiger partial charge in [-0.2, -0.15) is 0 Å². The van der Waals surface area contributed by atoms with Gasteiger partial charge in [0.05, 0.1) is 23.6 Å². The summed E-state index contributed by atoms with van der Waals surface area (Å²) in [6.45, 7) is 1.76. The highest BCUT2D eigenvalue weighted by atomic mass is 79.9. The molecule has 0 atom stereocenters. The average Bonchev–Trinajstić information content (AvgIpc) is 2.76. The standard InChI is InChI=1S/C10H17BrN2O4S2/c1-16-4-5-17-3-2-13-19(14,15)9-6-8(7-12)18-10(9)11/h6,13H,2-5,7,12H2,1H3. The van der Waals surface area contributed by atoms with E-state index in [4.69, 9.17) is 15.2 Å². The van der Waals surface area contributed by atoms with Gasteiger partial charge < -0.3 is 15.2 Å². The second-order valence-electron chi connectivity index (χ2n) is 3.56. The van der Waals surface area contributed by atoms with Crippen molar-refractivity contribution in [3.05, 3.63) is 14.7 Å². The Kier molecular flexibility index (Phi) is 7.44. The molecule has 1 aromatic rings. The Bertz CT molecular complexity index is 490. The molecule has 0 aliphatic heterocycles. The zero-order chi connectivity index (χ0) is 14.3. The molecule has 0 aromatic carbocycles. The lowest BCUT2D eigenvalue weighted by Crippen LogP contribution is -2.27. The lowest BCUT2D eigenvalue weighted by molar-refractivity contribution is 0.0736. The summed E-state index contributed by atoms with van der Waals surface area (Å²) in [4.78, 5) is 1.03. The van der Waals surface area contributed by atoms with E-state index in [2.05, 4.69) is 20.7 Å². The molecule has 3 N–H and O–H groups in total. The van der Waals surface area contributed by atoms with Gasteiger partial charge >= 0.3 is 0 Å². The van der Waals surface area contributed by atoms with E-state index in [1.807, 2.05) is 0 Å². The van der Waals surface area contributed by atoms with Gasteiger partial charge in [0.1, 0.15) is 4.90 Å². The number of rotatable bonds is 9. The molecule has 0 aliphatic carbocycles. The molecule has 0 saturated carbocycles. The van der Waals surface area contributed by atoms with Crippen molar-refractivity contribution in [2.75, 3.05) is 33.5 Å². The number of sulfonamides is 1. The van der Waals surface area contributed by atoms with Crippen molar-refractivity contribution in [3.8, 4) is 0 Å². The third-order valence-electron chi connectivity index (χ3n) is 2.17. The maximum absolute atomic E-state index is 12.0. The molecule has 19 heavy (non-hydrogen) atoms. The molecule has 0 bridgehead atoms. The molecule has 110 valence electrons. The largest absolute Gasteiger partial charge is 0.382 e. The van der Waals surface area contributed by atoms with Crippen LogP contribution in [0.3, 0.4) is 0 Å². The fourth-order valence-corrected chi connectivity index (χ4v) is 4.82. The van der Waals surface area contributed by atoms with Crippen molar-refractivity contribution < 1.29 is 17.9 Å². The average molecular weight is 373 g/mol. The van der Waals surface area contributed by atoms with Crippen LogP contribution in [0.4, 0.5) is 0 Å². The first-order valence-corrected chi connectivity index (χ1v) is 8.65. The number of methoxy groups -OCH3 is 1. The zero-order valence-electron chi connectivity index (χ0n) is 10.5. The van der Waals surface area contributed by atoms with Crippen molar-refractivity contribution in [2.24, 2.45) is 5.73 Å². The predicted octanol–water partition coefficient (Wildman–Crippen LogP) is 0.911. The molecule has 0 fully saturated rings. The Morgan fingerprint density at radius 3 is 2.74 bits per heavy atom. The maximum Gasteiger partial charge on any atom is 0.242 e. The summed E-state index contributed by atoms with van der Waals surface area (Å²) in [7, 11) is -1.95. The molecule has 0 spiro atoms. The van der Waals surface area contributed by atoms with Crippen LogP contribution in [0.2, 0.25) is 0 Å². The smallest absolute Gasteiger partial charge is 0.242 e. The molecular formula is C10H17BrN2O4S2. The molecule has 0 radical (unpaired) electrons. The SMILES string of the molecule is COCCOCCNS(=O)(=O)c1cc(CN)sc1Br. The van der Waals surface area contributed by atoms with Crippen molar-refractivity contribution >= 4 is 37.3 Å². The summed E-state index contributed by atoms with van der Waals surface area (Å²) in [5.41, 5.74) is 5.49. The third kappa shape index (κ3) is 5.46. The van der Waals surface area contributed by atoms with Crippen LogP contribution in [0.5, 0.6) is 0 Å². The topological polar surface area (TPSA) is 90.6 Å². The fraction of sp³-hybridized carbons (Fsp3) is 0.600. The minimum Gasteiger partial charge on any atom is -0.382 e. The Morgan fingerprint density at radius 2 is 2.16 bits per heavy atom. The number of ether oxygens (including phenoxy) is 2. The van der Waals surface area contributed by atoms with Crippen LogP contribution in [0.25, 0.3) is 0 Å². The zero-order valence-corrected chi connectivity index (χ0v) is 13.7. The highest BCUT2D eigenvalue weighted by molar-refractivity contribution is 9.11. The normalized spacial score (nSPS) is 11.9. The van der Waals surface area contributed by atoms with Gasteiger partial charge in [-0.25, -0.2) is 13.1 Å². The minimum absolute atomic E-state index is 0.215. The van der Waals surface area contributed by atoms with Crippen LogP contribution in [0.15, 0.2) is 14.7 Å². The molecule has 1 heterocycles. The molecule has 1 aromatic heterocycles. The van der Waals surface area contributed by atoms with Gasteiger partial charge in [-0.1, -0.05) is 0 Å².